The number of ether oxygens (including phenoxy) is 7. The van der Waals surface area contributed by atoms with Gasteiger partial charge in [-0.1, -0.05) is 34.6 Å². The second-order valence-corrected chi connectivity index (χ2v) is 8.99. The third kappa shape index (κ3) is 8.70. The number of hydrogen-bond acceptors (Lipinski definition) is 11. The van der Waals surface area contributed by atoms with E-state index >= 15 is 0 Å². The van der Waals surface area contributed by atoms with Crippen molar-refractivity contribution in [1.82, 2.24) is 0 Å². The molecule has 0 N–H and O–H groups in total. The van der Waals surface area contributed by atoms with Crippen molar-refractivity contribution in [3.63, 3.8) is 0 Å². The van der Waals surface area contributed by atoms with Crippen LogP contribution in [-0.4, -0.2) is 73.6 Å². The largest absolute Gasteiger partial charge is 0.463 e. The highest BCUT2D eigenvalue weighted by Gasteiger charge is 2.51. The highest BCUT2D eigenvalue weighted by Crippen LogP contribution is 2.38. The summed E-state index contributed by atoms with van der Waals surface area (Å²) in [5, 5.41) is 0. The van der Waals surface area contributed by atoms with E-state index in [1.807, 2.05) is 34.6 Å². The average molecular weight is 519 g/mol. The van der Waals surface area contributed by atoms with E-state index < -0.39 is 67.0 Å². The van der Waals surface area contributed by atoms with Gasteiger partial charge in [0.2, 0.25) is 6.29 Å². The van der Waals surface area contributed by atoms with Crippen molar-refractivity contribution >= 4 is 23.9 Å². The van der Waals surface area contributed by atoms with E-state index in [4.69, 9.17) is 33.2 Å². The Bertz CT molecular complexity index is 752. The van der Waals surface area contributed by atoms with Gasteiger partial charge < -0.3 is 33.2 Å². The number of carbonyl (C=O) groups excluding carboxylic acids is 4. The zero-order chi connectivity index (χ0) is 27.7. The fraction of sp³-hybridized carbons (Fsp3) is 0.840. The van der Waals surface area contributed by atoms with Gasteiger partial charge in [-0.15, -0.1) is 0 Å². The lowest BCUT2D eigenvalue weighted by Gasteiger charge is -2.48. The Morgan fingerprint density at radius 2 is 1.14 bits per heavy atom. The van der Waals surface area contributed by atoms with Crippen LogP contribution in [0.1, 0.15) is 69.2 Å². The lowest BCUT2D eigenvalue weighted by Crippen LogP contribution is -2.60. The Morgan fingerprint density at radius 3 is 1.64 bits per heavy atom. The van der Waals surface area contributed by atoms with Crippen molar-refractivity contribution in [2.45, 2.75) is 112 Å². The number of esters is 4. The summed E-state index contributed by atoms with van der Waals surface area (Å²) < 4.78 is 39.6. The fourth-order valence-electron chi connectivity index (χ4n) is 4.18. The van der Waals surface area contributed by atoms with E-state index in [9.17, 15) is 19.2 Å². The lowest BCUT2D eigenvalue weighted by atomic mass is 9.83. The van der Waals surface area contributed by atoms with Gasteiger partial charge >= 0.3 is 23.9 Å². The molecule has 2 rings (SSSR count). The van der Waals surface area contributed by atoms with Crippen LogP contribution in [-0.2, 0) is 52.3 Å². The molecule has 5 unspecified atom stereocenters. The molecule has 2 heterocycles. The molecule has 0 aromatic rings. The molecule has 0 amide bonds. The molecule has 0 aliphatic carbocycles. The first-order chi connectivity index (χ1) is 16.8. The van der Waals surface area contributed by atoms with Gasteiger partial charge in [-0.25, -0.2) is 0 Å². The van der Waals surface area contributed by atoms with Crippen molar-refractivity contribution in [3.8, 4) is 0 Å². The maximum atomic E-state index is 11.9. The third-order valence-corrected chi connectivity index (χ3v) is 6.34. The van der Waals surface area contributed by atoms with Gasteiger partial charge in [0.05, 0.1) is 12.2 Å². The molecular weight excluding hydrogens is 476 g/mol. The summed E-state index contributed by atoms with van der Waals surface area (Å²) in [5.74, 6) is -2.86. The molecule has 0 bridgehead atoms. The molecule has 36 heavy (non-hydrogen) atoms. The normalized spacial score (nSPS) is 35.9. The molecule has 11 heteroatoms. The number of hydrogen-bond donors (Lipinski definition) is 0. The van der Waals surface area contributed by atoms with Crippen LogP contribution in [0.5, 0.6) is 0 Å². The highest BCUT2D eigenvalue weighted by atomic mass is 16.8. The van der Waals surface area contributed by atoms with Gasteiger partial charge in [0.1, 0.15) is 12.7 Å². The van der Waals surface area contributed by atoms with E-state index in [0.717, 1.165) is 0 Å². The Morgan fingerprint density at radius 1 is 0.611 bits per heavy atom. The first kappa shape index (κ1) is 31.8. The summed E-state index contributed by atoms with van der Waals surface area (Å²) in [7, 11) is 0. The quantitative estimate of drug-likeness (QED) is 0.364. The molecule has 2 aliphatic heterocycles. The maximum Gasteiger partial charge on any atom is 0.305 e. The van der Waals surface area contributed by atoms with Gasteiger partial charge in [-0.2, -0.15) is 0 Å². The van der Waals surface area contributed by atoms with E-state index in [0.29, 0.717) is 0 Å². The summed E-state index contributed by atoms with van der Waals surface area (Å²) in [6.45, 7) is 16.4. The van der Waals surface area contributed by atoms with Crippen molar-refractivity contribution in [2.75, 3.05) is 6.61 Å². The minimum atomic E-state index is -1.19. The van der Waals surface area contributed by atoms with Crippen molar-refractivity contribution in [2.24, 2.45) is 17.8 Å². The molecule has 0 saturated carbocycles. The molecule has 2 aliphatic rings. The minimum Gasteiger partial charge on any atom is -0.463 e. The van der Waals surface area contributed by atoms with Gasteiger partial charge in [-0.3, -0.25) is 19.2 Å². The first-order valence-corrected chi connectivity index (χ1v) is 12.4. The molecule has 11 nitrogen and oxygen atoms in total. The van der Waals surface area contributed by atoms with Gasteiger partial charge in [0.15, 0.2) is 18.5 Å². The standard InChI is InChI=1S/C23H36O11.C2H6/c1-10-11(2)20(30-15(6)25)22(33-18(10)9-28-14(5)24)34-19-12(3)13(4)29-23(32-17(8)27)21(19)31-16(7)26;1-2/h10-13,18-23H,9H2,1-8H3;1-2H3/t10-,11?,12-,13?,18-,19-,20?,21?,22+,23?;/m0./s1. The summed E-state index contributed by atoms with van der Waals surface area (Å²) >= 11 is 0. The topological polar surface area (TPSA) is 133 Å². The van der Waals surface area contributed by atoms with E-state index in [2.05, 4.69) is 0 Å². The average Bonchev–Trinajstić information content (AvgIpc) is 2.78. The molecule has 2 saturated heterocycles. The molecule has 0 spiro atoms. The predicted octanol–water partition coefficient (Wildman–Crippen LogP) is 2.77. The predicted molar refractivity (Wildman–Crippen MR) is 126 cm³/mol. The third-order valence-electron chi connectivity index (χ3n) is 6.34. The Hall–Kier alpha value is -2.24. The van der Waals surface area contributed by atoms with Crippen LogP contribution in [0.4, 0.5) is 0 Å². The molecular formula is C25H42O11. The summed E-state index contributed by atoms with van der Waals surface area (Å²) in [6.07, 6.45) is -5.90. The summed E-state index contributed by atoms with van der Waals surface area (Å²) in [4.78, 5) is 46.7. The van der Waals surface area contributed by atoms with Crippen molar-refractivity contribution in [3.05, 3.63) is 0 Å². The van der Waals surface area contributed by atoms with E-state index in [1.54, 1.807) is 6.92 Å². The molecule has 208 valence electrons. The maximum absolute atomic E-state index is 11.9. The fourth-order valence-corrected chi connectivity index (χ4v) is 4.18. The number of carbonyl (C=O) groups is 4. The van der Waals surface area contributed by atoms with Crippen LogP contribution >= 0.6 is 0 Å². The first-order valence-electron chi connectivity index (χ1n) is 12.4. The van der Waals surface area contributed by atoms with Crippen LogP contribution in [0.25, 0.3) is 0 Å². The molecule has 10 atom stereocenters. The second kappa shape index (κ2) is 14.5. The van der Waals surface area contributed by atoms with Crippen molar-refractivity contribution in [1.29, 1.82) is 0 Å². The Balaban J connectivity index is 0.00000316. The monoisotopic (exact) mass is 518 g/mol. The Kier molecular flexibility index (Phi) is 12.8. The zero-order valence-corrected chi connectivity index (χ0v) is 23.0. The summed E-state index contributed by atoms with van der Waals surface area (Å²) in [5.41, 5.74) is 0. The minimum absolute atomic E-state index is 0.00330. The highest BCUT2D eigenvalue weighted by molar-refractivity contribution is 5.67. The van der Waals surface area contributed by atoms with Crippen LogP contribution in [0, 0.1) is 17.8 Å². The van der Waals surface area contributed by atoms with Gasteiger partial charge in [-0.05, 0) is 12.8 Å². The van der Waals surface area contributed by atoms with Crippen LogP contribution < -0.4 is 0 Å². The van der Waals surface area contributed by atoms with Crippen LogP contribution in [0.3, 0.4) is 0 Å². The van der Waals surface area contributed by atoms with E-state index in [1.165, 1.54) is 27.7 Å². The van der Waals surface area contributed by atoms with Crippen molar-refractivity contribution < 1.29 is 52.3 Å². The smallest absolute Gasteiger partial charge is 0.305 e. The molecule has 0 aromatic carbocycles. The second-order valence-electron chi connectivity index (χ2n) is 8.99. The number of rotatable bonds is 7. The van der Waals surface area contributed by atoms with E-state index in [-0.39, 0.29) is 24.4 Å². The van der Waals surface area contributed by atoms with Crippen LogP contribution in [0.2, 0.25) is 0 Å². The summed E-state index contributed by atoms with van der Waals surface area (Å²) in [6, 6.07) is 0. The SMILES string of the molecule is CC.CC(=O)OC[C@@H]1O[C@H](O[C@@H]2C(OC(C)=O)C(OC(C)=O)OC(C)[C@@H]2C)C(OC(C)=O)C(C)[C@@H]1C. The van der Waals surface area contributed by atoms with Gasteiger partial charge in [0, 0.05) is 39.5 Å². The Labute approximate surface area is 213 Å². The zero-order valence-electron chi connectivity index (χ0n) is 23.0. The molecule has 2 fully saturated rings. The molecule has 0 radical (unpaired) electrons. The van der Waals surface area contributed by atoms with Crippen LogP contribution in [0.15, 0.2) is 0 Å². The lowest BCUT2D eigenvalue weighted by molar-refractivity contribution is -0.338. The van der Waals surface area contributed by atoms with Gasteiger partial charge in [0.25, 0.3) is 0 Å². The molecule has 0 aromatic heterocycles.